The van der Waals surface area contributed by atoms with Crippen molar-refractivity contribution in [2.45, 2.75) is 4.90 Å². The van der Waals surface area contributed by atoms with Crippen LogP contribution in [-0.2, 0) is 17.1 Å². The first-order chi connectivity index (χ1) is 11.5. The van der Waals surface area contributed by atoms with E-state index in [0.29, 0.717) is 21.3 Å². The van der Waals surface area contributed by atoms with Crippen LogP contribution in [0.5, 0.6) is 0 Å². The highest BCUT2D eigenvalue weighted by Crippen LogP contribution is 2.28. The van der Waals surface area contributed by atoms with Crippen LogP contribution < -0.4 is 4.72 Å². The molecule has 0 amide bonds. The Morgan fingerprint density at radius 1 is 1.25 bits per heavy atom. The highest BCUT2D eigenvalue weighted by molar-refractivity contribution is 7.93. The average Bonchev–Trinajstić information content (AvgIpc) is 3.09. The molecule has 122 valence electrons. The average molecular weight is 362 g/mol. The summed E-state index contributed by atoms with van der Waals surface area (Å²) in [6.07, 6.45) is 4.67. The van der Waals surface area contributed by atoms with Crippen LogP contribution >= 0.6 is 11.6 Å². The SMILES string of the molecule is Cn1nc(NS(=O)(=O)c2c[nH]c3cc(Cl)ccc23)c2ccncc21. The second-order valence-corrected chi connectivity index (χ2v) is 7.40. The number of H-pyrrole nitrogens is 1. The van der Waals surface area contributed by atoms with Gasteiger partial charge in [0.05, 0.1) is 11.7 Å². The number of fused-ring (bicyclic) bond motifs is 2. The van der Waals surface area contributed by atoms with Crippen molar-refractivity contribution in [2.24, 2.45) is 7.05 Å². The standard InChI is InChI=1S/C15H12ClN5O2S/c1-21-13-7-17-5-4-11(13)15(19-21)20-24(22,23)14-8-18-12-6-9(16)2-3-10(12)14/h2-8,18H,1H3,(H,19,20). The summed E-state index contributed by atoms with van der Waals surface area (Å²) in [6, 6.07) is 6.72. The molecule has 2 N–H and O–H groups in total. The number of nitrogens with zero attached hydrogens (tertiary/aromatic N) is 3. The minimum absolute atomic E-state index is 0.141. The molecule has 0 fully saturated rings. The predicted molar refractivity (Wildman–Crippen MR) is 92.6 cm³/mol. The highest BCUT2D eigenvalue weighted by Gasteiger charge is 2.22. The third-order valence-electron chi connectivity index (χ3n) is 3.78. The predicted octanol–water partition coefficient (Wildman–Crippen LogP) is 2.90. The number of pyridine rings is 1. The number of hydrogen-bond donors (Lipinski definition) is 2. The maximum atomic E-state index is 12.8. The number of aryl methyl sites for hydroxylation is 1. The van der Waals surface area contributed by atoms with Crippen molar-refractivity contribution in [2.75, 3.05) is 4.72 Å². The summed E-state index contributed by atoms with van der Waals surface area (Å²) in [5.74, 6) is 0.262. The molecule has 24 heavy (non-hydrogen) atoms. The van der Waals surface area contributed by atoms with Gasteiger partial charge in [-0.05, 0) is 24.3 Å². The van der Waals surface area contributed by atoms with E-state index in [0.717, 1.165) is 5.52 Å². The number of benzene rings is 1. The molecule has 0 aliphatic carbocycles. The number of halogens is 1. The Morgan fingerprint density at radius 3 is 2.92 bits per heavy atom. The van der Waals surface area contributed by atoms with Gasteiger partial charge in [0.15, 0.2) is 5.82 Å². The van der Waals surface area contributed by atoms with Gasteiger partial charge in [0.2, 0.25) is 0 Å². The summed E-state index contributed by atoms with van der Waals surface area (Å²) >= 11 is 5.94. The normalized spacial score (nSPS) is 12.1. The van der Waals surface area contributed by atoms with Crippen LogP contribution in [0.4, 0.5) is 5.82 Å². The Morgan fingerprint density at radius 2 is 2.08 bits per heavy atom. The zero-order valence-corrected chi connectivity index (χ0v) is 14.1. The number of rotatable bonds is 3. The maximum absolute atomic E-state index is 12.8. The van der Waals surface area contributed by atoms with E-state index in [9.17, 15) is 8.42 Å². The van der Waals surface area contributed by atoms with E-state index < -0.39 is 10.0 Å². The van der Waals surface area contributed by atoms with Crippen LogP contribution in [0, 0.1) is 0 Å². The minimum Gasteiger partial charge on any atom is -0.360 e. The number of aromatic nitrogens is 4. The molecular weight excluding hydrogens is 350 g/mol. The molecule has 0 spiro atoms. The van der Waals surface area contributed by atoms with Gasteiger partial charge < -0.3 is 4.98 Å². The summed E-state index contributed by atoms with van der Waals surface area (Å²) in [5.41, 5.74) is 1.39. The van der Waals surface area contributed by atoms with Crippen molar-refractivity contribution < 1.29 is 8.42 Å². The van der Waals surface area contributed by atoms with Gasteiger partial charge in [0.25, 0.3) is 10.0 Å². The molecule has 3 heterocycles. The monoisotopic (exact) mass is 361 g/mol. The quantitative estimate of drug-likeness (QED) is 0.586. The summed E-state index contributed by atoms with van der Waals surface area (Å²) < 4.78 is 29.7. The molecule has 9 heteroatoms. The number of hydrogen-bond acceptors (Lipinski definition) is 4. The molecule has 0 aliphatic rings. The van der Waals surface area contributed by atoms with Gasteiger partial charge >= 0.3 is 0 Å². The lowest BCUT2D eigenvalue weighted by Crippen LogP contribution is -2.13. The van der Waals surface area contributed by atoms with Crippen LogP contribution in [0.25, 0.3) is 21.8 Å². The first kappa shape index (κ1) is 15.0. The fourth-order valence-electron chi connectivity index (χ4n) is 2.65. The van der Waals surface area contributed by atoms with E-state index >= 15 is 0 Å². The number of nitrogens with one attached hydrogen (secondary N) is 2. The van der Waals surface area contributed by atoms with Crippen molar-refractivity contribution in [1.82, 2.24) is 19.7 Å². The molecule has 4 aromatic rings. The van der Waals surface area contributed by atoms with E-state index in [1.165, 1.54) is 6.20 Å². The molecule has 4 rings (SSSR count). The van der Waals surface area contributed by atoms with E-state index in [2.05, 4.69) is 19.8 Å². The zero-order chi connectivity index (χ0) is 16.9. The number of aromatic amines is 1. The second kappa shape index (κ2) is 5.22. The number of sulfonamides is 1. The summed E-state index contributed by atoms with van der Waals surface area (Å²) in [5, 5.41) is 6.01. The van der Waals surface area contributed by atoms with Crippen LogP contribution in [-0.4, -0.2) is 28.2 Å². The van der Waals surface area contributed by atoms with Crippen molar-refractivity contribution >= 4 is 49.2 Å². The number of anilines is 1. The van der Waals surface area contributed by atoms with Crippen molar-refractivity contribution in [3.63, 3.8) is 0 Å². The largest absolute Gasteiger partial charge is 0.360 e. The van der Waals surface area contributed by atoms with E-state index in [-0.39, 0.29) is 10.7 Å². The lowest BCUT2D eigenvalue weighted by molar-refractivity contribution is 0.601. The van der Waals surface area contributed by atoms with E-state index in [1.807, 2.05) is 0 Å². The van der Waals surface area contributed by atoms with Gasteiger partial charge in [-0.1, -0.05) is 11.6 Å². The van der Waals surface area contributed by atoms with Gasteiger partial charge in [-0.15, -0.1) is 0 Å². The van der Waals surface area contributed by atoms with Crippen LogP contribution in [0.15, 0.2) is 47.8 Å². The van der Waals surface area contributed by atoms with Crippen molar-refractivity contribution in [1.29, 1.82) is 0 Å². The minimum atomic E-state index is -3.81. The molecule has 0 aliphatic heterocycles. The van der Waals surface area contributed by atoms with Gasteiger partial charge in [-0.3, -0.25) is 14.4 Å². The smallest absolute Gasteiger partial charge is 0.265 e. The fourth-order valence-corrected chi connectivity index (χ4v) is 4.02. The molecule has 0 bridgehead atoms. The van der Waals surface area contributed by atoms with E-state index in [4.69, 9.17) is 11.6 Å². The fraction of sp³-hybridized carbons (Fsp3) is 0.0667. The zero-order valence-electron chi connectivity index (χ0n) is 12.5. The molecule has 3 aromatic heterocycles. The Labute approximate surface area is 142 Å². The molecule has 0 saturated carbocycles. The maximum Gasteiger partial charge on any atom is 0.265 e. The lowest BCUT2D eigenvalue weighted by atomic mass is 10.2. The highest BCUT2D eigenvalue weighted by atomic mass is 35.5. The summed E-state index contributed by atoms with van der Waals surface area (Å²) in [7, 11) is -2.08. The molecule has 0 unspecified atom stereocenters. The molecular formula is C15H12ClN5O2S. The lowest BCUT2D eigenvalue weighted by Gasteiger charge is -2.04. The van der Waals surface area contributed by atoms with Gasteiger partial charge in [-0.25, -0.2) is 8.42 Å². The van der Waals surface area contributed by atoms with Gasteiger partial charge in [0.1, 0.15) is 4.90 Å². The van der Waals surface area contributed by atoms with E-state index in [1.54, 1.807) is 48.4 Å². The van der Waals surface area contributed by atoms with Gasteiger partial charge in [0, 0.05) is 40.8 Å². The second-order valence-electron chi connectivity index (χ2n) is 5.31. The Balaban J connectivity index is 1.82. The third kappa shape index (κ3) is 2.31. The van der Waals surface area contributed by atoms with Crippen LogP contribution in [0.2, 0.25) is 5.02 Å². The van der Waals surface area contributed by atoms with Crippen LogP contribution in [0.1, 0.15) is 0 Å². The molecule has 0 saturated heterocycles. The topological polar surface area (TPSA) is 92.7 Å². The van der Waals surface area contributed by atoms with Crippen molar-refractivity contribution in [3.05, 3.63) is 47.9 Å². The molecule has 0 radical (unpaired) electrons. The first-order valence-corrected chi connectivity index (χ1v) is 8.88. The molecule has 0 atom stereocenters. The summed E-state index contributed by atoms with van der Waals surface area (Å²) in [6.45, 7) is 0. The molecule has 7 nitrogen and oxygen atoms in total. The Hall–Kier alpha value is -2.58. The van der Waals surface area contributed by atoms with Gasteiger partial charge in [-0.2, -0.15) is 5.10 Å². The van der Waals surface area contributed by atoms with Crippen molar-refractivity contribution in [3.8, 4) is 0 Å². The van der Waals surface area contributed by atoms with Crippen LogP contribution in [0.3, 0.4) is 0 Å². The summed E-state index contributed by atoms with van der Waals surface area (Å²) in [4.78, 5) is 7.09. The third-order valence-corrected chi connectivity index (χ3v) is 5.39. The Bertz CT molecular complexity index is 1180. The first-order valence-electron chi connectivity index (χ1n) is 7.02. The Kier molecular flexibility index (Phi) is 3.26. The molecule has 1 aromatic carbocycles.